The zero-order valence-corrected chi connectivity index (χ0v) is 11.6. The maximum absolute atomic E-state index is 10.8. The van der Waals surface area contributed by atoms with Gasteiger partial charge in [-0.3, -0.25) is 4.79 Å². The van der Waals surface area contributed by atoms with Crippen molar-refractivity contribution in [2.24, 2.45) is 7.05 Å². The molecule has 1 N–H and O–H groups in total. The highest BCUT2D eigenvalue weighted by atomic mass is 16.6. The number of hydrogen-bond donors (Lipinski definition) is 1. The van der Waals surface area contributed by atoms with Crippen molar-refractivity contribution in [3.63, 3.8) is 0 Å². The highest BCUT2D eigenvalue weighted by molar-refractivity contribution is 5.89. The lowest BCUT2D eigenvalue weighted by molar-refractivity contribution is -0.136. The Bertz CT molecular complexity index is 687. The topological polar surface area (TPSA) is 60.7 Å². The predicted octanol–water partition coefficient (Wildman–Crippen LogP) is 2.28. The van der Waals surface area contributed by atoms with Crippen LogP contribution in [0.25, 0.3) is 10.9 Å². The van der Waals surface area contributed by atoms with Crippen molar-refractivity contribution in [1.29, 1.82) is 0 Å². The van der Waals surface area contributed by atoms with Crippen molar-refractivity contribution < 1.29 is 19.4 Å². The predicted molar refractivity (Wildman–Crippen MR) is 74.6 cm³/mol. The highest BCUT2D eigenvalue weighted by Crippen LogP contribution is 2.37. The molecule has 2 aromatic rings. The Labute approximate surface area is 116 Å². The molecule has 0 spiro atoms. The summed E-state index contributed by atoms with van der Waals surface area (Å²) in [6.45, 7) is 3.13. The van der Waals surface area contributed by atoms with Gasteiger partial charge >= 0.3 is 5.97 Å². The van der Waals surface area contributed by atoms with Gasteiger partial charge in [0, 0.05) is 30.6 Å². The van der Waals surface area contributed by atoms with Gasteiger partial charge in [-0.25, -0.2) is 0 Å². The van der Waals surface area contributed by atoms with E-state index in [2.05, 4.69) is 4.57 Å². The first-order valence-electron chi connectivity index (χ1n) is 6.67. The van der Waals surface area contributed by atoms with Gasteiger partial charge in [-0.05, 0) is 25.0 Å². The van der Waals surface area contributed by atoms with Crippen LogP contribution in [0, 0.1) is 6.92 Å². The van der Waals surface area contributed by atoms with Crippen LogP contribution in [-0.2, 0) is 18.3 Å². The van der Waals surface area contributed by atoms with Crippen molar-refractivity contribution in [2.75, 3.05) is 13.2 Å². The average molecular weight is 275 g/mol. The summed E-state index contributed by atoms with van der Waals surface area (Å²) in [7, 11) is 1.98. The fourth-order valence-electron chi connectivity index (χ4n) is 2.72. The van der Waals surface area contributed by atoms with Crippen molar-refractivity contribution in [2.45, 2.75) is 19.8 Å². The van der Waals surface area contributed by atoms with Crippen molar-refractivity contribution in [3.8, 4) is 11.5 Å². The van der Waals surface area contributed by atoms with Crippen LogP contribution in [0.5, 0.6) is 11.5 Å². The molecule has 1 aliphatic rings. The molecule has 5 heteroatoms. The molecule has 1 aromatic carbocycles. The van der Waals surface area contributed by atoms with E-state index in [0.29, 0.717) is 19.6 Å². The van der Waals surface area contributed by atoms with E-state index in [9.17, 15) is 4.79 Å². The molecule has 3 rings (SSSR count). The van der Waals surface area contributed by atoms with E-state index in [4.69, 9.17) is 14.6 Å². The van der Waals surface area contributed by atoms with Gasteiger partial charge in [0.25, 0.3) is 0 Å². The Morgan fingerprint density at radius 2 is 1.95 bits per heavy atom. The molecular formula is C15H17NO4. The Morgan fingerprint density at radius 3 is 2.60 bits per heavy atom. The molecule has 1 aliphatic heterocycles. The summed E-state index contributed by atoms with van der Waals surface area (Å²) in [5, 5.41) is 9.94. The summed E-state index contributed by atoms with van der Waals surface area (Å²) in [6, 6.07) is 3.94. The van der Waals surface area contributed by atoms with Gasteiger partial charge in [0.2, 0.25) is 0 Å². The number of fused-ring (bicyclic) bond motifs is 2. The molecule has 0 unspecified atom stereocenters. The molecular weight excluding hydrogens is 258 g/mol. The molecule has 106 valence electrons. The summed E-state index contributed by atoms with van der Waals surface area (Å²) < 4.78 is 13.3. The number of benzene rings is 1. The number of rotatable bonds is 3. The van der Waals surface area contributed by atoms with Gasteiger partial charge < -0.3 is 19.1 Å². The van der Waals surface area contributed by atoms with Crippen LogP contribution in [0.1, 0.15) is 17.7 Å². The number of ether oxygens (including phenoxy) is 2. The van der Waals surface area contributed by atoms with Crippen LogP contribution in [0.4, 0.5) is 0 Å². The second-order valence-corrected chi connectivity index (χ2v) is 5.03. The van der Waals surface area contributed by atoms with E-state index in [1.165, 1.54) is 0 Å². The molecule has 5 nitrogen and oxygen atoms in total. The first-order chi connectivity index (χ1) is 9.58. The second kappa shape index (κ2) is 4.74. The maximum Gasteiger partial charge on any atom is 0.303 e. The molecule has 0 atom stereocenters. The monoisotopic (exact) mass is 275 g/mol. The van der Waals surface area contributed by atoms with E-state index in [-0.39, 0.29) is 6.42 Å². The van der Waals surface area contributed by atoms with Gasteiger partial charge in [0.15, 0.2) is 11.5 Å². The Hall–Kier alpha value is -2.17. The second-order valence-electron chi connectivity index (χ2n) is 5.03. The molecule has 0 radical (unpaired) electrons. The lowest BCUT2D eigenvalue weighted by Crippen LogP contribution is -2.15. The zero-order chi connectivity index (χ0) is 14.3. The average Bonchev–Trinajstić information content (AvgIpc) is 2.66. The van der Waals surface area contributed by atoms with E-state index in [0.717, 1.165) is 33.7 Å². The molecule has 0 saturated heterocycles. The standard InChI is InChI=1S/C15H17NO4/c1-9-10(3-4-15(17)18)11-7-13-14(20-6-5-19-13)8-12(11)16(9)2/h7-8H,3-6H2,1-2H3,(H,17,18). The molecule has 1 aromatic heterocycles. The maximum atomic E-state index is 10.8. The van der Waals surface area contributed by atoms with E-state index in [1.54, 1.807) is 0 Å². The SMILES string of the molecule is Cc1c(CCC(=O)O)c2cc3c(cc2n1C)OCCO3. The number of aromatic nitrogens is 1. The quantitative estimate of drug-likeness (QED) is 0.933. The minimum atomic E-state index is -0.779. The number of carboxylic acids is 1. The summed E-state index contributed by atoms with van der Waals surface area (Å²) in [5.41, 5.74) is 3.21. The van der Waals surface area contributed by atoms with Gasteiger partial charge in [-0.1, -0.05) is 0 Å². The van der Waals surface area contributed by atoms with Gasteiger partial charge in [-0.2, -0.15) is 0 Å². The summed E-state index contributed by atoms with van der Waals surface area (Å²) in [4.78, 5) is 10.8. The third-order valence-electron chi connectivity index (χ3n) is 3.88. The first kappa shape index (κ1) is 12.8. The van der Waals surface area contributed by atoms with Crippen molar-refractivity contribution in [1.82, 2.24) is 4.57 Å². The van der Waals surface area contributed by atoms with Gasteiger partial charge in [0.05, 0.1) is 5.52 Å². The minimum Gasteiger partial charge on any atom is -0.486 e. The van der Waals surface area contributed by atoms with Crippen LogP contribution >= 0.6 is 0 Å². The fourth-order valence-corrected chi connectivity index (χ4v) is 2.72. The number of nitrogens with zero attached hydrogens (tertiary/aromatic N) is 1. The molecule has 0 saturated carbocycles. The molecule has 0 fully saturated rings. The van der Waals surface area contributed by atoms with Crippen LogP contribution in [-0.4, -0.2) is 28.9 Å². The smallest absolute Gasteiger partial charge is 0.303 e. The number of aliphatic carboxylic acids is 1. The van der Waals surface area contributed by atoms with Crippen LogP contribution in [0.3, 0.4) is 0 Å². The van der Waals surface area contributed by atoms with Crippen LogP contribution in [0.15, 0.2) is 12.1 Å². The molecule has 2 heterocycles. The number of carbonyl (C=O) groups is 1. The largest absolute Gasteiger partial charge is 0.486 e. The molecule has 20 heavy (non-hydrogen) atoms. The Kier molecular flexibility index (Phi) is 3.04. The molecule has 0 aliphatic carbocycles. The lowest BCUT2D eigenvalue weighted by atomic mass is 10.1. The van der Waals surface area contributed by atoms with Crippen LogP contribution < -0.4 is 9.47 Å². The van der Waals surface area contributed by atoms with E-state index in [1.807, 2.05) is 26.1 Å². The van der Waals surface area contributed by atoms with Gasteiger partial charge in [-0.15, -0.1) is 0 Å². The third-order valence-corrected chi connectivity index (χ3v) is 3.88. The highest BCUT2D eigenvalue weighted by Gasteiger charge is 2.19. The zero-order valence-electron chi connectivity index (χ0n) is 11.6. The van der Waals surface area contributed by atoms with Gasteiger partial charge in [0.1, 0.15) is 13.2 Å². The van der Waals surface area contributed by atoms with E-state index < -0.39 is 5.97 Å². The number of carboxylic acid groups (broad SMARTS) is 1. The summed E-state index contributed by atoms with van der Waals surface area (Å²) >= 11 is 0. The first-order valence-corrected chi connectivity index (χ1v) is 6.67. The summed E-state index contributed by atoms with van der Waals surface area (Å²) in [6.07, 6.45) is 0.659. The lowest BCUT2D eigenvalue weighted by Gasteiger charge is -2.18. The third kappa shape index (κ3) is 1.99. The fraction of sp³-hybridized carbons (Fsp3) is 0.400. The minimum absolute atomic E-state index is 0.133. The molecule has 0 bridgehead atoms. The van der Waals surface area contributed by atoms with E-state index >= 15 is 0 Å². The number of aryl methyl sites for hydroxylation is 2. The number of hydrogen-bond acceptors (Lipinski definition) is 3. The van der Waals surface area contributed by atoms with Crippen LogP contribution in [0.2, 0.25) is 0 Å². The summed E-state index contributed by atoms with van der Waals surface area (Å²) in [5.74, 6) is 0.721. The van der Waals surface area contributed by atoms with Crippen molar-refractivity contribution in [3.05, 3.63) is 23.4 Å². The van der Waals surface area contributed by atoms with Crippen molar-refractivity contribution >= 4 is 16.9 Å². The Balaban J connectivity index is 2.14. The normalized spacial score (nSPS) is 13.7. The Morgan fingerprint density at radius 1 is 1.30 bits per heavy atom. The molecule has 0 amide bonds.